The first-order valence-corrected chi connectivity index (χ1v) is 10.3. The molecule has 1 aromatic carbocycles. The van der Waals surface area contributed by atoms with Crippen molar-refractivity contribution in [2.45, 2.75) is 26.4 Å². The number of hydrogen-bond acceptors (Lipinski definition) is 7. The fourth-order valence-electron chi connectivity index (χ4n) is 3.21. The van der Waals surface area contributed by atoms with Crippen LogP contribution in [0.15, 0.2) is 24.3 Å². The highest BCUT2D eigenvalue weighted by Crippen LogP contribution is 2.28. The van der Waals surface area contributed by atoms with Gasteiger partial charge in [0.05, 0.1) is 38.4 Å². The average Bonchev–Trinajstić information content (AvgIpc) is 3.02. The van der Waals surface area contributed by atoms with Crippen molar-refractivity contribution in [2.24, 2.45) is 5.92 Å². The van der Waals surface area contributed by atoms with Gasteiger partial charge in [0, 0.05) is 12.8 Å². The molecule has 1 aromatic heterocycles. The Morgan fingerprint density at radius 3 is 2.85 bits per heavy atom. The van der Waals surface area contributed by atoms with Crippen molar-refractivity contribution in [2.75, 3.05) is 32.1 Å². The van der Waals surface area contributed by atoms with Crippen LogP contribution in [0.1, 0.15) is 19.8 Å². The number of methoxy groups -OCH3 is 1. The highest BCUT2D eigenvalue weighted by Gasteiger charge is 2.28. The molecular weight excluding hydrogens is 384 g/mol. The molecule has 0 spiro atoms. The first kappa shape index (κ1) is 19.8. The third-order valence-corrected chi connectivity index (χ3v) is 5.86. The summed E-state index contributed by atoms with van der Waals surface area (Å²) in [6.45, 7) is 4.83. The highest BCUT2D eigenvalue weighted by atomic mass is 32.1. The molecule has 0 atom stereocenters. The molecule has 1 aliphatic rings. The lowest BCUT2D eigenvalue weighted by atomic mass is 9.97. The summed E-state index contributed by atoms with van der Waals surface area (Å²) in [7, 11) is 1.64. The molecule has 27 heavy (non-hydrogen) atoms. The van der Waals surface area contributed by atoms with Crippen LogP contribution in [-0.4, -0.2) is 42.6 Å². The second kappa shape index (κ2) is 9.29. The lowest BCUT2D eigenvalue weighted by molar-refractivity contribution is -0.928. The van der Waals surface area contributed by atoms with Gasteiger partial charge in [-0.2, -0.15) is 4.68 Å². The fraction of sp³-hybridized carbons (Fsp3) is 0.500. The molecule has 0 aliphatic carbocycles. The average molecular weight is 410 g/mol. The summed E-state index contributed by atoms with van der Waals surface area (Å²) in [6.07, 6.45) is 1.69. The van der Waals surface area contributed by atoms with Gasteiger partial charge in [-0.25, -0.2) is 0 Å². The molecule has 0 bridgehead atoms. The van der Waals surface area contributed by atoms with Gasteiger partial charge in [-0.15, -0.1) is 5.10 Å². The molecule has 2 aromatic rings. The summed E-state index contributed by atoms with van der Waals surface area (Å²) in [5.41, 5.74) is 0.860. The van der Waals surface area contributed by atoms with Crippen molar-refractivity contribution in [1.29, 1.82) is 0 Å². The predicted octanol–water partition coefficient (Wildman–Crippen LogP) is 2.24. The van der Waals surface area contributed by atoms with E-state index in [4.69, 9.17) is 21.7 Å². The van der Waals surface area contributed by atoms with Crippen LogP contribution in [0.3, 0.4) is 0 Å². The zero-order valence-electron chi connectivity index (χ0n) is 15.6. The fourth-order valence-corrected chi connectivity index (χ4v) is 4.23. The number of nitrogens with zero attached hydrogens (tertiary/aromatic N) is 2. The number of quaternary nitrogens is 1. The maximum Gasteiger partial charge on any atom is 0.309 e. The minimum absolute atomic E-state index is 0.0277. The molecule has 1 fully saturated rings. The number of benzene rings is 1. The largest absolute Gasteiger partial charge is 0.495 e. The van der Waals surface area contributed by atoms with Crippen LogP contribution in [0.4, 0.5) is 10.8 Å². The maximum absolute atomic E-state index is 11.9. The molecule has 0 radical (unpaired) electrons. The van der Waals surface area contributed by atoms with Crippen LogP contribution < -0.4 is 15.0 Å². The normalized spacial score (nSPS) is 19.5. The Kier molecular flexibility index (Phi) is 6.81. The zero-order chi connectivity index (χ0) is 19.2. The third kappa shape index (κ3) is 5.06. The lowest BCUT2D eigenvalue weighted by Crippen LogP contribution is -3.12. The molecule has 1 saturated heterocycles. The number of nitrogens with one attached hydrogen (secondary N) is 2. The summed E-state index contributed by atoms with van der Waals surface area (Å²) in [5, 5.41) is 8.63. The summed E-state index contributed by atoms with van der Waals surface area (Å²) >= 11 is 6.92. The number of rotatable bonds is 7. The van der Waals surface area contributed by atoms with E-state index in [1.807, 2.05) is 35.9 Å². The standard InChI is InChI=1S/C18H24N4O3S2/c1-3-25-16(23)13-8-10-21(11-9-13)12-22-18(26)27-17(20-22)19-14-6-4-5-7-15(14)24-2/h4-7,13H,3,8-12H2,1-2H3,(H,19,20)/p+1. The Balaban J connectivity index is 1.59. The molecule has 3 rings (SSSR count). The third-order valence-electron chi connectivity index (χ3n) is 4.64. The number of para-hydroxylation sites is 2. The van der Waals surface area contributed by atoms with Crippen LogP contribution in [0, 0.1) is 9.87 Å². The minimum atomic E-state index is -0.0647. The molecule has 0 unspecified atom stereocenters. The van der Waals surface area contributed by atoms with Gasteiger partial charge in [0.1, 0.15) is 5.75 Å². The van der Waals surface area contributed by atoms with Crippen molar-refractivity contribution in [1.82, 2.24) is 9.78 Å². The summed E-state index contributed by atoms with van der Waals surface area (Å²) < 4.78 is 13.1. The van der Waals surface area contributed by atoms with E-state index in [1.54, 1.807) is 7.11 Å². The van der Waals surface area contributed by atoms with E-state index in [0.717, 1.165) is 46.5 Å². The zero-order valence-corrected chi connectivity index (χ0v) is 17.2. The number of likely N-dealkylation sites (tertiary alicyclic amines) is 1. The van der Waals surface area contributed by atoms with Crippen LogP contribution in [0.5, 0.6) is 5.75 Å². The second-order valence-corrected chi connectivity index (χ2v) is 8.06. The lowest BCUT2D eigenvalue weighted by Gasteiger charge is -2.27. The van der Waals surface area contributed by atoms with E-state index < -0.39 is 0 Å². The Morgan fingerprint density at radius 1 is 1.41 bits per heavy atom. The summed E-state index contributed by atoms with van der Waals surface area (Å²) in [5.74, 6) is 0.724. The molecule has 7 nitrogen and oxygen atoms in total. The van der Waals surface area contributed by atoms with Gasteiger partial charge in [0.25, 0.3) is 0 Å². The van der Waals surface area contributed by atoms with Crippen molar-refractivity contribution >= 4 is 40.3 Å². The summed E-state index contributed by atoms with van der Waals surface area (Å²) in [4.78, 5) is 13.2. The maximum atomic E-state index is 11.9. The second-order valence-electron chi connectivity index (χ2n) is 6.43. The first-order chi connectivity index (χ1) is 13.1. The van der Waals surface area contributed by atoms with Gasteiger partial charge in [-0.1, -0.05) is 23.5 Å². The molecular formula is C18H25N4O3S2+. The van der Waals surface area contributed by atoms with Crippen LogP contribution in [0.25, 0.3) is 0 Å². The molecule has 1 aliphatic heterocycles. The van der Waals surface area contributed by atoms with E-state index in [1.165, 1.54) is 16.2 Å². The molecule has 146 valence electrons. The highest BCUT2D eigenvalue weighted by molar-refractivity contribution is 7.73. The number of esters is 1. The minimum Gasteiger partial charge on any atom is -0.495 e. The molecule has 9 heteroatoms. The molecule has 0 amide bonds. The topological polar surface area (TPSA) is 69.8 Å². The Morgan fingerprint density at radius 2 is 2.15 bits per heavy atom. The smallest absolute Gasteiger partial charge is 0.309 e. The first-order valence-electron chi connectivity index (χ1n) is 9.09. The SMILES string of the molecule is CCOC(=O)C1CC[NH+](Cn2nc(Nc3ccccc3OC)sc2=S)CC1. The van der Waals surface area contributed by atoms with Gasteiger partial charge < -0.3 is 19.7 Å². The monoisotopic (exact) mass is 409 g/mol. The van der Waals surface area contributed by atoms with E-state index >= 15 is 0 Å². The number of carbonyl (C=O) groups excluding carboxylic acids is 1. The van der Waals surface area contributed by atoms with Crippen LogP contribution in [-0.2, 0) is 16.2 Å². The molecule has 0 saturated carbocycles. The van der Waals surface area contributed by atoms with Crippen LogP contribution >= 0.6 is 23.6 Å². The molecule has 2 N–H and O–H groups in total. The predicted molar refractivity (Wildman–Crippen MR) is 107 cm³/mol. The van der Waals surface area contributed by atoms with E-state index in [2.05, 4.69) is 10.4 Å². The van der Waals surface area contributed by atoms with Crippen molar-refractivity contribution in [3.63, 3.8) is 0 Å². The molecule has 2 heterocycles. The summed E-state index contributed by atoms with van der Waals surface area (Å²) in [6, 6.07) is 7.71. The van der Waals surface area contributed by atoms with Gasteiger partial charge >= 0.3 is 5.97 Å². The Labute approximate surface area is 167 Å². The van der Waals surface area contributed by atoms with E-state index in [0.29, 0.717) is 13.3 Å². The van der Waals surface area contributed by atoms with Gasteiger partial charge in [0.15, 0.2) is 10.6 Å². The van der Waals surface area contributed by atoms with Crippen molar-refractivity contribution in [3.05, 3.63) is 28.2 Å². The van der Waals surface area contributed by atoms with Crippen molar-refractivity contribution in [3.8, 4) is 5.75 Å². The number of piperidine rings is 1. The van der Waals surface area contributed by atoms with Gasteiger partial charge in [0.2, 0.25) is 5.13 Å². The number of anilines is 2. The quantitative estimate of drug-likeness (QED) is 0.540. The Hall–Kier alpha value is -1.97. The number of hydrogen-bond donors (Lipinski definition) is 2. The van der Waals surface area contributed by atoms with E-state index in [9.17, 15) is 4.79 Å². The van der Waals surface area contributed by atoms with E-state index in [-0.39, 0.29) is 11.9 Å². The Bertz CT molecular complexity index is 828. The number of carbonyl (C=O) groups is 1. The number of aromatic nitrogens is 2. The van der Waals surface area contributed by atoms with Crippen LogP contribution in [0.2, 0.25) is 0 Å². The van der Waals surface area contributed by atoms with Crippen molar-refractivity contribution < 1.29 is 19.2 Å². The van der Waals surface area contributed by atoms with Gasteiger partial charge in [-0.3, -0.25) is 4.79 Å². The van der Waals surface area contributed by atoms with Gasteiger partial charge in [-0.05, 0) is 31.3 Å². The number of ether oxygens (including phenoxy) is 2.